The fourth-order valence-corrected chi connectivity index (χ4v) is 2.13. The highest BCUT2D eigenvalue weighted by atomic mass is 16.5. The van der Waals surface area contributed by atoms with Gasteiger partial charge >= 0.3 is 0 Å². The maximum Gasteiger partial charge on any atom is 0.276 e. The summed E-state index contributed by atoms with van der Waals surface area (Å²) >= 11 is 0. The Kier molecular flexibility index (Phi) is 6.43. The highest BCUT2D eigenvalue weighted by Crippen LogP contribution is 2.22. The second-order valence-corrected chi connectivity index (χ2v) is 5.64. The van der Waals surface area contributed by atoms with Crippen molar-refractivity contribution in [3.05, 3.63) is 53.1 Å². The largest absolute Gasteiger partial charge is 0.497 e. The van der Waals surface area contributed by atoms with Crippen molar-refractivity contribution in [2.75, 3.05) is 20.8 Å². The molecule has 0 atom stereocenters. The van der Waals surface area contributed by atoms with Crippen LogP contribution in [0.4, 0.5) is 0 Å². The molecule has 138 valence electrons. The number of rotatable bonds is 6. The Bertz CT molecular complexity index is 782. The van der Waals surface area contributed by atoms with Gasteiger partial charge in [0, 0.05) is 11.6 Å². The van der Waals surface area contributed by atoms with E-state index < -0.39 is 11.8 Å². The van der Waals surface area contributed by atoms with E-state index in [1.54, 1.807) is 12.1 Å². The minimum atomic E-state index is -0.498. The molecule has 2 rings (SSSR count). The highest BCUT2D eigenvalue weighted by molar-refractivity contribution is 5.96. The van der Waals surface area contributed by atoms with Crippen molar-refractivity contribution in [2.24, 2.45) is 0 Å². The first-order valence-electron chi connectivity index (χ1n) is 7.95. The molecule has 2 amide bonds. The molecule has 0 unspecified atom stereocenters. The van der Waals surface area contributed by atoms with E-state index in [4.69, 9.17) is 14.2 Å². The molecule has 0 radical (unpaired) electrons. The summed E-state index contributed by atoms with van der Waals surface area (Å²) in [6.07, 6.45) is 0. The zero-order chi connectivity index (χ0) is 19.1. The van der Waals surface area contributed by atoms with Crippen molar-refractivity contribution in [1.29, 1.82) is 0 Å². The van der Waals surface area contributed by atoms with Crippen molar-refractivity contribution in [3.63, 3.8) is 0 Å². The molecule has 2 N–H and O–H groups in total. The second kappa shape index (κ2) is 8.75. The van der Waals surface area contributed by atoms with Gasteiger partial charge in [0.1, 0.15) is 17.2 Å². The van der Waals surface area contributed by atoms with Crippen molar-refractivity contribution >= 4 is 11.8 Å². The smallest absolute Gasteiger partial charge is 0.276 e. The monoisotopic (exact) mass is 358 g/mol. The number of hydrogen-bond acceptors (Lipinski definition) is 5. The predicted molar refractivity (Wildman–Crippen MR) is 96.6 cm³/mol. The molecule has 26 heavy (non-hydrogen) atoms. The molecular weight excluding hydrogens is 336 g/mol. The maximum absolute atomic E-state index is 12.2. The van der Waals surface area contributed by atoms with Gasteiger partial charge < -0.3 is 14.2 Å². The summed E-state index contributed by atoms with van der Waals surface area (Å²) < 4.78 is 15.6. The molecule has 2 aromatic rings. The number of aryl methyl sites for hydroxylation is 2. The number of amides is 2. The van der Waals surface area contributed by atoms with Crippen LogP contribution < -0.4 is 25.1 Å². The highest BCUT2D eigenvalue weighted by Gasteiger charge is 2.11. The third-order valence-electron chi connectivity index (χ3n) is 3.78. The van der Waals surface area contributed by atoms with Gasteiger partial charge in [0.25, 0.3) is 11.8 Å². The summed E-state index contributed by atoms with van der Waals surface area (Å²) in [6.45, 7) is 3.74. The summed E-state index contributed by atoms with van der Waals surface area (Å²) in [6, 6.07) is 10.3. The molecule has 0 bridgehead atoms. The van der Waals surface area contributed by atoms with Gasteiger partial charge in [-0.05, 0) is 49.2 Å². The quantitative estimate of drug-likeness (QED) is 0.773. The first-order valence-corrected chi connectivity index (χ1v) is 7.95. The van der Waals surface area contributed by atoms with Gasteiger partial charge in [-0.3, -0.25) is 20.4 Å². The van der Waals surface area contributed by atoms with E-state index in [9.17, 15) is 9.59 Å². The SMILES string of the molecule is COc1cc(OC)cc(C(=O)NNC(=O)COc2ccc(C)c(C)c2)c1. The summed E-state index contributed by atoms with van der Waals surface area (Å²) in [5.41, 5.74) is 7.14. The number of benzene rings is 2. The van der Waals surface area contributed by atoms with Crippen LogP contribution in [0, 0.1) is 13.8 Å². The van der Waals surface area contributed by atoms with Crippen molar-refractivity contribution < 1.29 is 23.8 Å². The average Bonchev–Trinajstić information content (AvgIpc) is 2.66. The minimum Gasteiger partial charge on any atom is -0.497 e. The average molecular weight is 358 g/mol. The van der Waals surface area contributed by atoms with Gasteiger partial charge in [-0.25, -0.2) is 0 Å². The lowest BCUT2D eigenvalue weighted by Gasteiger charge is -2.11. The number of hydrazine groups is 1. The molecule has 0 aromatic heterocycles. The minimum absolute atomic E-state index is 0.218. The van der Waals surface area contributed by atoms with E-state index in [0.29, 0.717) is 17.2 Å². The van der Waals surface area contributed by atoms with Crippen LogP contribution in [0.3, 0.4) is 0 Å². The molecular formula is C19H22N2O5. The fraction of sp³-hybridized carbons (Fsp3) is 0.263. The van der Waals surface area contributed by atoms with Gasteiger partial charge in [0.05, 0.1) is 14.2 Å². The third kappa shape index (κ3) is 5.14. The van der Waals surface area contributed by atoms with Crippen LogP contribution in [0.2, 0.25) is 0 Å². The van der Waals surface area contributed by atoms with Crippen LogP contribution in [0.1, 0.15) is 21.5 Å². The van der Waals surface area contributed by atoms with Gasteiger partial charge in [-0.15, -0.1) is 0 Å². The first-order chi connectivity index (χ1) is 12.4. The molecule has 0 spiro atoms. The normalized spacial score (nSPS) is 10.0. The van der Waals surface area contributed by atoms with E-state index in [1.807, 2.05) is 26.0 Å². The number of carbonyl (C=O) groups excluding carboxylic acids is 2. The van der Waals surface area contributed by atoms with Crippen molar-refractivity contribution in [2.45, 2.75) is 13.8 Å². The number of nitrogens with one attached hydrogen (secondary N) is 2. The standard InChI is InChI=1S/C19H22N2O5/c1-12-5-6-15(7-13(12)2)26-11-18(22)20-21-19(23)14-8-16(24-3)10-17(9-14)25-4/h5-10H,11H2,1-4H3,(H,20,22)(H,21,23). The van der Waals surface area contributed by atoms with E-state index in [1.165, 1.54) is 26.4 Å². The van der Waals surface area contributed by atoms with Crippen molar-refractivity contribution in [3.8, 4) is 17.2 Å². The predicted octanol–water partition coefficient (Wildman–Crippen LogP) is 2.16. The zero-order valence-corrected chi connectivity index (χ0v) is 15.2. The summed E-state index contributed by atoms with van der Waals surface area (Å²) in [7, 11) is 2.98. The number of hydrogen-bond donors (Lipinski definition) is 2. The lowest BCUT2D eigenvalue weighted by atomic mass is 10.1. The Hall–Kier alpha value is -3.22. The van der Waals surface area contributed by atoms with E-state index >= 15 is 0 Å². The van der Waals surface area contributed by atoms with Gasteiger partial charge in [0.15, 0.2) is 6.61 Å². The zero-order valence-electron chi connectivity index (χ0n) is 15.2. The van der Waals surface area contributed by atoms with Crippen LogP contribution in [-0.4, -0.2) is 32.6 Å². The first kappa shape index (κ1) is 19.1. The fourth-order valence-electron chi connectivity index (χ4n) is 2.13. The Morgan fingerprint density at radius 2 is 1.50 bits per heavy atom. The molecule has 0 heterocycles. The van der Waals surface area contributed by atoms with Gasteiger partial charge in [0.2, 0.25) is 0 Å². The lowest BCUT2D eigenvalue weighted by molar-refractivity contribution is -0.123. The summed E-state index contributed by atoms with van der Waals surface area (Å²) in [5.74, 6) is 0.554. The van der Waals surface area contributed by atoms with Crippen LogP contribution in [0.15, 0.2) is 36.4 Å². The molecule has 0 aliphatic heterocycles. The molecule has 0 fully saturated rings. The number of carbonyl (C=O) groups is 2. The van der Waals surface area contributed by atoms with Crippen LogP contribution >= 0.6 is 0 Å². The molecule has 7 nitrogen and oxygen atoms in total. The molecule has 0 saturated carbocycles. The van der Waals surface area contributed by atoms with Crippen LogP contribution in [0.25, 0.3) is 0 Å². The van der Waals surface area contributed by atoms with E-state index in [0.717, 1.165) is 11.1 Å². The van der Waals surface area contributed by atoms with Gasteiger partial charge in [-0.1, -0.05) is 6.07 Å². The molecule has 2 aromatic carbocycles. The van der Waals surface area contributed by atoms with Crippen LogP contribution in [-0.2, 0) is 4.79 Å². The third-order valence-corrected chi connectivity index (χ3v) is 3.78. The second-order valence-electron chi connectivity index (χ2n) is 5.64. The Morgan fingerprint density at radius 3 is 2.08 bits per heavy atom. The lowest BCUT2D eigenvalue weighted by Crippen LogP contribution is -2.43. The topological polar surface area (TPSA) is 85.9 Å². The Balaban J connectivity index is 1.88. The number of ether oxygens (including phenoxy) is 3. The Morgan fingerprint density at radius 1 is 0.846 bits per heavy atom. The van der Waals surface area contributed by atoms with Crippen LogP contribution in [0.5, 0.6) is 17.2 Å². The molecule has 0 aliphatic carbocycles. The van der Waals surface area contributed by atoms with E-state index in [-0.39, 0.29) is 12.2 Å². The molecule has 0 saturated heterocycles. The molecule has 0 aliphatic rings. The number of methoxy groups -OCH3 is 2. The van der Waals surface area contributed by atoms with Crippen molar-refractivity contribution in [1.82, 2.24) is 10.9 Å². The van der Waals surface area contributed by atoms with E-state index in [2.05, 4.69) is 10.9 Å². The Labute approximate surface area is 152 Å². The maximum atomic E-state index is 12.2. The summed E-state index contributed by atoms with van der Waals surface area (Å²) in [4.78, 5) is 24.0. The van der Waals surface area contributed by atoms with Gasteiger partial charge in [-0.2, -0.15) is 0 Å². The molecule has 7 heteroatoms. The summed E-state index contributed by atoms with van der Waals surface area (Å²) in [5, 5.41) is 0.